The zero-order valence-electron chi connectivity index (χ0n) is 9.11. The first-order valence-electron chi connectivity index (χ1n) is 5.09. The van der Waals surface area contributed by atoms with E-state index in [1.54, 1.807) is 23.3 Å². The lowest BCUT2D eigenvalue weighted by atomic mass is 10.2. The Hall–Kier alpha value is -2.08. The van der Waals surface area contributed by atoms with E-state index in [9.17, 15) is 0 Å². The SMILES string of the molecule is Cc1nc(-n2cc(-c3cccnc3)cn2)ns1. The van der Waals surface area contributed by atoms with Gasteiger partial charge in [-0.25, -0.2) is 9.67 Å². The van der Waals surface area contributed by atoms with Crippen molar-refractivity contribution in [2.45, 2.75) is 6.92 Å². The fraction of sp³-hybridized carbons (Fsp3) is 0.0909. The average molecular weight is 243 g/mol. The van der Waals surface area contributed by atoms with E-state index in [1.165, 1.54) is 11.5 Å². The summed E-state index contributed by atoms with van der Waals surface area (Å²) in [6.45, 7) is 1.92. The van der Waals surface area contributed by atoms with E-state index in [-0.39, 0.29) is 0 Å². The highest BCUT2D eigenvalue weighted by Crippen LogP contribution is 2.18. The molecule has 0 radical (unpaired) electrons. The van der Waals surface area contributed by atoms with E-state index in [2.05, 4.69) is 19.4 Å². The van der Waals surface area contributed by atoms with Crippen LogP contribution in [-0.4, -0.2) is 24.1 Å². The summed E-state index contributed by atoms with van der Waals surface area (Å²) in [4.78, 5) is 8.36. The predicted molar refractivity (Wildman–Crippen MR) is 65.0 cm³/mol. The number of pyridine rings is 1. The van der Waals surface area contributed by atoms with Crippen LogP contribution >= 0.6 is 11.5 Å². The van der Waals surface area contributed by atoms with Gasteiger partial charge in [0.1, 0.15) is 5.01 Å². The van der Waals surface area contributed by atoms with E-state index >= 15 is 0 Å². The molecule has 0 bridgehead atoms. The second-order valence-corrected chi connectivity index (χ2v) is 4.48. The summed E-state index contributed by atoms with van der Waals surface area (Å²) in [5, 5.41) is 5.18. The number of aromatic nitrogens is 5. The monoisotopic (exact) mass is 243 g/mol. The van der Waals surface area contributed by atoms with Gasteiger partial charge in [-0.1, -0.05) is 6.07 Å². The summed E-state index contributed by atoms with van der Waals surface area (Å²) in [7, 11) is 0. The quantitative estimate of drug-likeness (QED) is 0.691. The molecule has 0 aliphatic heterocycles. The Labute approximate surface area is 102 Å². The lowest BCUT2D eigenvalue weighted by Crippen LogP contribution is -1.96. The predicted octanol–water partition coefficient (Wildman–Crippen LogP) is 2.09. The summed E-state index contributed by atoms with van der Waals surface area (Å²) in [5.41, 5.74) is 2.04. The molecular formula is C11H9N5S. The molecule has 0 aromatic carbocycles. The van der Waals surface area contributed by atoms with Crippen LogP contribution in [0.3, 0.4) is 0 Å². The molecule has 3 rings (SSSR count). The number of rotatable bonds is 2. The molecule has 0 saturated heterocycles. The summed E-state index contributed by atoms with van der Waals surface area (Å²) in [5.74, 6) is 0.614. The Morgan fingerprint density at radius 3 is 2.88 bits per heavy atom. The zero-order chi connectivity index (χ0) is 11.7. The number of hydrogen-bond donors (Lipinski definition) is 0. The Morgan fingerprint density at radius 2 is 2.18 bits per heavy atom. The van der Waals surface area contributed by atoms with Gasteiger partial charge in [0.15, 0.2) is 0 Å². The lowest BCUT2D eigenvalue weighted by molar-refractivity contribution is 0.826. The highest BCUT2D eigenvalue weighted by Gasteiger charge is 2.06. The minimum atomic E-state index is 0.614. The van der Waals surface area contributed by atoms with Crippen molar-refractivity contribution in [2.24, 2.45) is 0 Å². The average Bonchev–Trinajstić information content (AvgIpc) is 2.98. The molecule has 5 nitrogen and oxygen atoms in total. The smallest absolute Gasteiger partial charge is 0.262 e. The molecule has 0 unspecified atom stereocenters. The van der Waals surface area contributed by atoms with Crippen LogP contribution in [0, 0.1) is 6.92 Å². The van der Waals surface area contributed by atoms with Gasteiger partial charge in [0.2, 0.25) is 0 Å². The Bertz CT molecular complexity index is 628. The summed E-state index contributed by atoms with van der Waals surface area (Å²) in [6.07, 6.45) is 7.24. The maximum Gasteiger partial charge on any atom is 0.262 e. The van der Waals surface area contributed by atoms with Gasteiger partial charge in [0.05, 0.1) is 6.20 Å². The highest BCUT2D eigenvalue weighted by molar-refractivity contribution is 7.05. The van der Waals surface area contributed by atoms with Gasteiger partial charge in [-0.05, 0) is 24.5 Å². The molecule has 84 valence electrons. The minimum absolute atomic E-state index is 0.614. The van der Waals surface area contributed by atoms with Crippen LogP contribution in [0.4, 0.5) is 0 Å². The summed E-state index contributed by atoms with van der Waals surface area (Å²) in [6, 6.07) is 3.89. The molecule has 0 saturated carbocycles. The fourth-order valence-electron chi connectivity index (χ4n) is 1.50. The van der Waals surface area contributed by atoms with Crippen molar-refractivity contribution in [2.75, 3.05) is 0 Å². The number of hydrogen-bond acceptors (Lipinski definition) is 5. The molecule has 0 aliphatic carbocycles. The topological polar surface area (TPSA) is 56.5 Å². The molecule has 17 heavy (non-hydrogen) atoms. The van der Waals surface area contributed by atoms with E-state index in [0.29, 0.717) is 5.95 Å². The van der Waals surface area contributed by atoms with Gasteiger partial charge in [0.25, 0.3) is 5.95 Å². The van der Waals surface area contributed by atoms with Crippen molar-refractivity contribution in [3.05, 3.63) is 41.9 Å². The molecule has 0 N–H and O–H groups in total. The zero-order valence-corrected chi connectivity index (χ0v) is 9.92. The first kappa shape index (κ1) is 10.1. The highest BCUT2D eigenvalue weighted by atomic mass is 32.1. The van der Waals surface area contributed by atoms with Gasteiger partial charge in [-0.3, -0.25) is 4.98 Å². The number of nitrogens with zero attached hydrogens (tertiary/aromatic N) is 5. The Morgan fingerprint density at radius 1 is 1.24 bits per heavy atom. The standard InChI is InChI=1S/C11H9N5S/c1-8-14-11(15-17-8)16-7-10(6-13-16)9-3-2-4-12-5-9/h2-7H,1H3. The summed E-state index contributed by atoms with van der Waals surface area (Å²) < 4.78 is 5.88. The van der Waals surface area contributed by atoms with Crippen LogP contribution in [-0.2, 0) is 0 Å². The van der Waals surface area contributed by atoms with E-state index in [0.717, 1.165) is 16.1 Å². The molecule has 0 aliphatic rings. The van der Waals surface area contributed by atoms with Crippen LogP contribution in [0.1, 0.15) is 5.01 Å². The van der Waals surface area contributed by atoms with Crippen molar-refractivity contribution >= 4 is 11.5 Å². The van der Waals surface area contributed by atoms with E-state index in [1.807, 2.05) is 25.3 Å². The van der Waals surface area contributed by atoms with Gasteiger partial charge in [-0.15, -0.1) is 0 Å². The van der Waals surface area contributed by atoms with Crippen molar-refractivity contribution < 1.29 is 0 Å². The first-order chi connectivity index (χ1) is 8.33. The van der Waals surface area contributed by atoms with Crippen molar-refractivity contribution in [1.29, 1.82) is 0 Å². The molecule has 3 aromatic rings. The largest absolute Gasteiger partial charge is 0.264 e. The molecule has 3 heterocycles. The third kappa shape index (κ3) is 1.94. The van der Waals surface area contributed by atoms with Crippen LogP contribution in [0.15, 0.2) is 36.9 Å². The van der Waals surface area contributed by atoms with Gasteiger partial charge in [-0.2, -0.15) is 9.47 Å². The van der Waals surface area contributed by atoms with E-state index in [4.69, 9.17) is 0 Å². The Kier molecular flexibility index (Phi) is 2.41. The molecule has 0 amide bonds. The fourth-order valence-corrected chi connectivity index (χ4v) is 1.96. The van der Waals surface area contributed by atoms with Crippen LogP contribution in [0.25, 0.3) is 17.1 Å². The molecule has 3 aromatic heterocycles. The number of aryl methyl sites for hydroxylation is 1. The van der Waals surface area contributed by atoms with Crippen molar-refractivity contribution in [3.8, 4) is 17.1 Å². The van der Waals surface area contributed by atoms with Gasteiger partial charge >= 0.3 is 0 Å². The van der Waals surface area contributed by atoms with E-state index < -0.39 is 0 Å². The van der Waals surface area contributed by atoms with Crippen LogP contribution in [0.5, 0.6) is 0 Å². The summed E-state index contributed by atoms with van der Waals surface area (Å²) >= 11 is 1.37. The maximum atomic E-state index is 4.28. The second-order valence-electron chi connectivity index (χ2n) is 3.53. The van der Waals surface area contributed by atoms with Crippen LogP contribution in [0.2, 0.25) is 0 Å². The van der Waals surface area contributed by atoms with Gasteiger partial charge < -0.3 is 0 Å². The van der Waals surface area contributed by atoms with Crippen molar-refractivity contribution in [1.82, 2.24) is 24.1 Å². The maximum absolute atomic E-state index is 4.28. The second kappa shape index (κ2) is 4.06. The van der Waals surface area contributed by atoms with Crippen molar-refractivity contribution in [3.63, 3.8) is 0 Å². The molecule has 0 spiro atoms. The first-order valence-corrected chi connectivity index (χ1v) is 5.86. The third-order valence-electron chi connectivity index (χ3n) is 2.30. The van der Waals surface area contributed by atoms with Gasteiger partial charge in [0, 0.05) is 29.7 Å². The minimum Gasteiger partial charge on any atom is -0.264 e. The third-order valence-corrected chi connectivity index (χ3v) is 2.91. The lowest BCUT2D eigenvalue weighted by Gasteiger charge is -1.94. The van der Waals surface area contributed by atoms with Crippen LogP contribution < -0.4 is 0 Å². The molecule has 6 heteroatoms. The molecule has 0 atom stereocenters. The Balaban J connectivity index is 1.99. The molecule has 0 fully saturated rings. The molecular weight excluding hydrogens is 234 g/mol. The normalized spacial score (nSPS) is 10.6.